The van der Waals surface area contributed by atoms with E-state index in [4.69, 9.17) is 19.9 Å². The van der Waals surface area contributed by atoms with Crippen molar-refractivity contribution < 1.29 is 28.6 Å². The van der Waals surface area contributed by atoms with Crippen molar-refractivity contribution in [2.24, 2.45) is 11.1 Å². The Hall–Kier alpha value is -3.79. The number of likely N-dealkylation sites (tertiary alicyclic amines) is 1. The van der Waals surface area contributed by atoms with Crippen LogP contribution in [0.4, 0.5) is 4.79 Å². The Labute approximate surface area is 242 Å². The maximum atomic E-state index is 13.9. The van der Waals surface area contributed by atoms with Gasteiger partial charge in [0.2, 0.25) is 5.91 Å². The summed E-state index contributed by atoms with van der Waals surface area (Å²) in [6, 6.07) is 15.1. The van der Waals surface area contributed by atoms with Gasteiger partial charge in [0, 0.05) is 19.5 Å². The first kappa shape index (κ1) is 30.2. The third kappa shape index (κ3) is 6.59. The van der Waals surface area contributed by atoms with Crippen LogP contribution >= 0.6 is 0 Å². The van der Waals surface area contributed by atoms with Crippen LogP contribution in [0.5, 0.6) is 11.5 Å². The molecule has 0 aliphatic carbocycles. The molecule has 4 rings (SSSR count). The van der Waals surface area contributed by atoms with Gasteiger partial charge in [-0.2, -0.15) is 0 Å². The number of nitrogens with zero attached hydrogens (tertiary/aromatic N) is 2. The van der Waals surface area contributed by atoms with E-state index >= 15 is 0 Å². The highest BCUT2D eigenvalue weighted by atomic mass is 16.6. The number of hydrazine groups is 1. The summed E-state index contributed by atoms with van der Waals surface area (Å²) in [7, 11) is 3.22. The van der Waals surface area contributed by atoms with Gasteiger partial charge in [0.1, 0.15) is 0 Å². The van der Waals surface area contributed by atoms with Crippen LogP contribution < -0.4 is 20.6 Å². The minimum absolute atomic E-state index is 0.0865. The molecule has 222 valence electrons. The van der Waals surface area contributed by atoms with Gasteiger partial charge in [-0.15, -0.1) is 0 Å². The molecule has 0 saturated carbocycles. The van der Waals surface area contributed by atoms with Crippen molar-refractivity contribution in [1.29, 1.82) is 0 Å². The molecule has 2 saturated heterocycles. The Balaban J connectivity index is 1.50. The number of benzene rings is 2. The summed E-state index contributed by atoms with van der Waals surface area (Å²) in [4.78, 5) is 40.6. The van der Waals surface area contributed by atoms with E-state index < -0.39 is 17.6 Å². The molecule has 10 heteroatoms. The van der Waals surface area contributed by atoms with Crippen molar-refractivity contribution in [2.75, 3.05) is 27.3 Å². The van der Waals surface area contributed by atoms with Gasteiger partial charge in [-0.25, -0.2) is 10.2 Å². The summed E-state index contributed by atoms with van der Waals surface area (Å²) in [5.74, 6) is 1.12. The molecule has 2 aromatic rings. The lowest BCUT2D eigenvalue weighted by molar-refractivity contribution is -0.161. The number of nitrogens with one attached hydrogen (secondary N) is 1. The number of amides is 3. The smallest absolute Gasteiger partial charge is 0.405 e. The van der Waals surface area contributed by atoms with Crippen LogP contribution in [-0.2, 0) is 20.7 Å². The van der Waals surface area contributed by atoms with E-state index in [1.165, 1.54) is 0 Å². The maximum Gasteiger partial charge on any atom is 0.405 e. The molecule has 10 nitrogen and oxygen atoms in total. The lowest BCUT2D eigenvalue weighted by Gasteiger charge is -2.49. The zero-order chi connectivity index (χ0) is 29.6. The Bertz CT molecular complexity index is 1210. The van der Waals surface area contributed by atoms with Crippen LogP contribution in [0.3, 0.4) is 0 Å². The summed E-state index contributed by atoms with van der Waals surface area (Å²) in [6.45, 7) is 5.02. The van der Waals surface area contributed by atoms with E-state index in [9.17, 15) is 14.4 Å². The zero-order valence-corrected chi connectivity index (χ0v) is 24.4. The monoisotopic (exact) mass is 566 g/mol. The van der Waals surface area contributed by atoms with Crippen LogP contribution in [0.15, 0.2) is 48.5 Å². The highest BCUT2D eigenvalue weighted by Crippen LogP contribution is 2.44. The van der Waals surface area contributed by atoms with Crippen molar-refractivity contribution in [3.8, 4) is 11.5 Å². The lowest BCUT2D eigenvalue weighted by atomic mass is 9.73. The fourth-order valence-electron chi connectivity index (χ4n) is 6.08. The molecule has 2 aliphatic rings. The van der Waals surface area contributed by atoms with Gasteiger partial charge in [-0.1, -0.05) is 50.2 Å². The molecule has 2 atom stereocenters. The van der Waals surface area contributed by atoms with Gasteiger partial charge in [0.05, 0.1) is 31.7 Å². The van der Waals surface area contributed by atoms with Crippen molar-refractivity contribution in [3.05, 3.63) is 59.7 Å². The fourth-order valence-corrected chi connectivity index (χ4v) is 6.08. The standard InChI is InChI=1S/C31H42N4O6/c1-5-31(6-2)20-24(22-12-13-25(39-3)26(19-22)40-4)33-35(29(31)37)23-14-16-34(17-15-23)28(36)27(41-30(32)38)18-21-10-8-7-9-11-21/h7-13,19,23-24,27,33H,5-6,14-18,20H2,1-4H3,(H2,32,38)/t24?,27-/m1/s1. The second-order valence-electron chi connectivity index (χ2n) is 10.8. The minimum atomic E-state index is -0.997. The normalized spacial score (nSPS) is 19.9. The molecule has 0 aromatic heterocycles. The number of nitrogens with two attached hydrogens (primary N) is 1. The summed E-state index contributed by atoms with van der Waals surface area (Å²) >= 11 is 0. The summed E-state index contributed by atoms with van der Waals surface area (Å²) in [6.07, 6.45) is 1.60. The van der Waals surface area contributed by atoms with Crippen molar-refractivity contribution >= 4 is 17.9 Å². The van der Waals surface area contributed by atoms with Gasteiger partial charge in [0.15, 0.2) is 17.6 Å². The molecular formula is C31H42N4O6. The van der Waals surface area contributed by atoms with E-state index in [0.29, 0.717) is 43.9 Å². The zero-order valence-electron chi connectivity index (χ0n) is 24.4. The van der Waals surface area contributed by atoms with Crippen LogP contribution in [0.25, 0.3) is 0 Å². The third-order valence-electron chi connectivity index (χ3n) is 8.66. The number of piperidine rings is 1. The molecule has 2 fully saturated rings. The number of carbonyl (C=O) groups excluding carboxylic acids is 3. The molecular weight excluding hydrogens is 524 g/mol. The van der Waals surface area contributed by atoms with E-state index in [1.807, 2.05) is 53.5 Å². The molecule has 2 aromatic carbocycles. The van der Waals surface area contributed by atoms with Gasteiger partial charge in [0.25, 0.3) is 5.91 Å². The molecule has 0 spiro atoms. The molecule has 3 N–H and O–H groups in total. The van der Waals surface area contributed by atoms with Gasteiger partial charge < -0.3 is 24.8 Å². The predicted octanol–water partition coefficient (Wildman–Crippen LogP) is 3.99. The highest BCUT2D eigenvalue weighted by Gasteiger charge is 2.48. The maximum absolute atomic E-state index is 13.9. The first-order chi connectivity index (χ1) is 19.7. The van der Waals surface area contributed by atoms with E-state index in [-0.39, 0.29) is 30.3 Å². The van der Waals surface area contributed by atoms with Crippen LogP contribution in [0, 0.1) is 5.41 Å². The average molecular weight is 567 g/mol. The van der Waals surface area contributed by atoms with Crippen LogP contribution in [0.1, 0.15) is 63.1 Å². The summed E-state index contributed by atoms with van der Waals surface area (Å²) in [5, 5.41) is 1.82. The number of ether oxygens (including phenoxy) is 3. The summed E-state index contributed by atoms with van der Waals surface area (Å²) < 4.78 is 16.2. The first-order valence-corrected chi connectivity index (χ1v) is 14.4. The quantitative estimate of drug-likeness (QED) is 0.446. The molecule has 1 unspecified atom stereocenters. The van der Waals surface area contributed by atoms with Crippen molar-refractivity contribution in [1.82, 2.24) is 15.3 Å². The Morgan fingerprint density at radius 1 is 1.02 bits per heavy atom. The van der Waals surface area contributed by atoms with Gasteiger partial charge in [-0.3, -0.25) is 14.6 Å². The van der Waals surface area contributed by atoms with Crippen LogP contribution in [-0.4, -0.2) is 67.3 Å². The molecule has 0 radical (unpaired) electrons. The van der Waals surface area contributed by atoms with Gasteiger partial charge >= 0.3 is 6.09 Å². The number of hydrogen-bond acceptors (Lipinski definition) is 7. The minimum Gasteiger partial charge on any atom is -0.493 e. The molecule has 2 aliphatic heterocycles. The summed E-state index contributed by atoms with van der Waals surface area (Å²) in [5.41, 5.74) is 10.2. The molecule has 0 bridgehead atoms. The number of methoxy groups -OCH3 is 2. The Kier molecular flexibility index (Phi) is 9.75. The average Bonchev–Trinajstić information content (AvgIpc) is 3.00. The SMILES string of the molecule is CCC1(CC)CC(c2ccc(OC)c(OC)c2)NN(C2CCN(C(=O)[C@@H](Cc3ccccc3)OC(N)=O)CC2)C1=O. The van der Waals surface area contributed by atoms with Crippen molar-refractivity contribution in [2.45, 2.75) is 70.6 Å². The highest BCUT2D eigenvalue weighted by molar-refractivity contribution is 5.85. The van der Waals surface area contributed by atoms with E-state index in [0.717, 1.165) is 24.0 Å². The Morgan fingerprint density at radius 3 is 2.27 bits per heavy atom. The third-order valence-corrected chi connectivity index (χ3v) is 8.66. The van der Waals surface area contributed by atoms with E-state index in [2.05, 4.69) is 19.3 Å². The largest absolute Gasteiger partial charge is 0.493 e. The van der Waals surface area contributed by atoms with Gasteiger partial charge in [-0.05, 0) is 55.4 Å². The van der Waals surface area contributed by atoms with E-state index in [1.54, 1.807) is 19.1 Å². The number of primary amides is 1. The van der Waals surface area contributed by atoms with Crippen LogP contribution in [0.2, 0.25) is 0 Å². The second kappa shape index (κ2) is 13.2. The number of rotatable bonds is 10. The number of hydrogen-bond donors (Lipinski definition) is 2. The molecule has 41 heavy (non-hydrogen) atoms. The lowest BCUT2D eigenvalue weighted by Crippen LogP contribution is -2.63. The predicted molar refractivity (Wildman–Crippen MR) is 154 cm³/mol. The van der Waals surface area contributed by atoms with Crippen molar-refractivity contribution in [3.63, 3.8) is 0 Å². The number of carbonyl (C=O) groups is 3. The Morgan fingerprint density at radius 2 is 1.68 bits per heavy atom. The molecule has 3 amide bonds. The second-order valence-corrected chi connectivity index (χ2v) is 10.8. The fraction of sp³-hybridized carbons (Fsp3) is 0.516. The topological polar surface area (TPSA) is 123 Å². The first-order valence-electron chi connectivity index (χ1n) is 14.4. The molecule has 2 heterocycles.